The standard InChI is InChI=1S/C21H36OSi/c1-7-9-15-23(16-10-8-2)20(21(4,5)6)19(22)18-13-11-17(3)12-14-18/h11-14,20,23H,7-10,15-16H2,1-6H3. The summed E-state index contributed by atoms with van der Waals surface area (Å²) in [4.78, 5) is 13.3. The van der Waals surface area contributed by atoms with E-state index in [0.717, 1.165) is 5.56 Å². The van der Waals surface area contributed by atoms with Crippen LogP contribution in [0.4, 0.5) is 0 Å². The molecule has 0 fully saturated rings. The quantitative estimate of drug-likeness (QED) is 0.376. The van der Waals surface area contributed by atoms with Crippen LogP contribution in [0.1, 0.15) is 76.2 Å². The first kappa shape index (κ1) is 20.2. The molecule has 0 radical (unpaired) electrons. The van der Waals surface area contributed by atoms with E-state index >= 15 is 0 Å². The minimum absolute atomic E-state index is 0.0698. The van der Waals surface area contributed by atoms with Crippen molar-refractivity contribution < 1.29 is 4.79 Å². The SMILES string of the molecule is CCCC[SiH](CCCC)C(C(=O)c1ccc(C)cc1)C(C)(C)C. The van der Waals surface area contributed by atoms with E-state index in [9.17, 15) is 4.79 Å². The van der Waals surface area contributed by atoms with E-state index in [0.29, 0.717) is 5.78 Å². The first-order chi connectivity index (χ1) is 10.8. The number of carbonyl (C=O) groups is 1. The van der Waals surface area contributed by atoms with E-state index in [1.54, 1.807) is 0 Å². The molecule has 23 heavy (non-hydrogen) atoms. The summed E-state index contributed by atoms with van der Waals surface area (Å²) >= 11 is 0. The molecule has 0 spiro atoms. The zero-order valence-corrected chi connectivity index (χ0v) is 17.3. The fourth-order valence-corrected chi connectivity index (χ4v) is 8.48. The van der Waals surface area contributed by atoms with Crippen LogP contribution in [-0.2, 0) is 0 Å². The Kier molecular flexibility index (Phi) is 8.25. The Morgan fingerprint density at radius 2 is 1.48 bits per heavy atom. The molecule has 1 nitrogen and oxygen atoms in total. The fraction of sp³-hybridized carbons (Fsp3) is 0.667. The van der Waals surface area contributed by atoms with E-state index < -0.39 is 8.80 Å². The Balaban J connectivity index is 3.08. The summed E-state index contributed by atoms with van der Waals surface area (Å²) in [6, 6.07) is 10.8. The normalized spacial score (nSPS) is 13.3. The van der Waals surface area contributed by atoms with Crippen molar-refractivity contribution in [3.63, 3.8) is 0 Å². The molecule has 0 bridgehead atoms. The van der Waals surface area contributed by atoms with Crippen LogP contribution < -0.4 is 0 Å². The van der Waals surface area contributed by atoms with Gasteiger partial charge < -0.3 is 0 Å². The van der Waals surface area contributed by atoms with Crippen LogP contribution in [0.5, 0.6) is 0 Å². The molecule has 0 amide bonds. The molecule has 0 N–H and O–H groups in total. The molecule has 1 aromatic carbocycles. The van der Waals surface area contributed by atoms with E-state index in [-0.39, 0.29) is 11.0 Å². The first-order valence-electron chi connectivity index (χ1n) is 9.42. The predicted molar refractivity (Wildman–Crippen MR) is 105 cm³/mol. The van der Waals surface area contributed by atoms with Gasteiger partial charge in [-0.2, -0.15) is 0 Å². The number of aryl methyl sites for hydroxylation is 1. The lowest BCUT2D eigenvalue weighted by atomic mass is 9.86. The van der Waals surface area contributed by atoms with Crippen molar-refractivity contribution in [3.05, 3.63) is 35.4 Å². The smallest absolute Gasteiger partial charge is 0.163 e. The summed E-state index contributed by atoms with van der Waals surface area (Å²) < 4.78 is 0. The third-order valence-corrected chi connectivity index (χ3v) is 9.43. The summed E-state index contributed by atoms with van der Waals surface area (Å²) in [5.41, 5.74) is 2.46. The topological polar surface area (TPSA) is 17.1 Å². The number of hydrogen-bond acceptors (Lipinski definition) is 1. The van der Waals surface area contributed by atoms with Crippen LogP contribution in [0.25, 0.3) is 0 Å². The third-order valence-electron chi connectivity index (χ3n) is 4.88. The molecule has 1 rings (SSSR count). The van der Waals surface area contributed by atoms with Crippen LogP contribution in [0.15, 0.2) is 24.3 Å². The molecule has 1 aromatic rings. The summed E-state index contributed by atoms with van der Waals surface area (Å²) in [7, 11) is -1.10. The van der Waals surface area contributed by atoms with Crippen LogP contribution in [0.3, 0.4) is 0 Å². The number of Topliss-reactive ketones (excluding diaryl/α,β-unsaturated/α-hetero) is 1. The summed E-state index contributed by atoms with van der Waals surface area (Å²) in [6.45, 7) is 13.4. The summed E-state index contributed by atoms with van der Waals surface area (Å²) in [5.74, 6) is 0.404. The molecular formula is C21H36OSi. The van der Waals surface area contributed by atoms with Crippen LogP contribution >= 0.6 is 0 Å². The van der Waals surface area contributed by atoms with Gasteiger partial charge in [0.15, 0.2) is 5.78 Å². The lowest BCUT2D eigenvalue weighted by Gasteiger charge is -2.36. The predicted octanol–water partition coefficient (Wildman–Crippen LogP) is 6.42. The number of unbranched alkanes of at least 4 members (excludes halogenated alkanes) is 2. The van der Waals surface area contributed by atoms with Crippen molar-refractivity contribution in [1.29, 1.82) is 0 Å². The van der Waals surface area contributed by atoms with Gasteiger partial charge in [-0.05, 0) is 12.3 Å². The van der Waals surface area contributed by atoms with Crippen molar-refractivity contribution in [2.24, 2.45) is 5.41 Å². The Hall–Kier alpha value is -0.893. The maximum absolute atomic E-state index is 13.3. The zero-order valence-electron chi connectivity index (χ0n) is 16.1. The van der Waals surface area contributed by atoms with Crippen molar-refractivity contribution in [2.75, 3.05) is 0 Å². The monoisotopic (exact) mass is 332 g/mol. The number of ketones is 1. The largest absolute Gasteiger partial charge is 0.294 e. The molecule has 0 aliphatic carbocycles. The highest BCUT2D eigenvalue weighted by Crippen LogP contribution is 2.40. The fourth-order valence-electron chi connectivity index (χ4n) is 3.62. The average molecular weight is 333 g/mol. The Bertz CT molecular complexity index is 462. The number of rotatable bonds is 9. The van der Waals surface area contributed by atoms with Gasteiger partial charge in [-0.15, -0.1) is 0 Å². The second-order valence-corrected chi connectivity index (χ2v) is 11.5. The Labute approximate surface area is 145 Å². The molecule has 0 saturated heterocycles. The molecule has 2 heteroatoms. The second-order valence-electron chi connectivity index (χ2n) is 8.12. The second kappa shape index (κ2) is 9.41. The van der Waals surface area contributed by atoms with Gasteiger partial charge >= 0.3 is 0 Å². The van der Waals surface area contributed by atoms with Crippen LogP contribution in [0, 0.1) is 12.3 Å². The highest BCUT2D eigenvalue weighted by molar-refractivity contribution is 6.65. The number of carbonyl (C=O) groups excluding carboxylic acids is 1. The van der Waals surface area contributed by atoms with Gasteiger partial charge in [0.05, 0.1) is 0 Å². The third kappa shape index (κ3) is 6.25. The lowest BCUT2D eigenvalue weighted by Crippen LogP contribution is -2.36. The van der Waals surface area contributed by atoms with Gasteiger partial charge in [0, 0.05) is 19.9 Å². The summed E-state index contributed by atoms with van der Waals surface area (Å²) in [5, 5.41) is 0. The molecule has 0 aromatic heterocycles. The van der Waals surface area contributed by atoms with E-state index in [1.807, 2.05) is 12.1 Å². The lowest BCUT2D eigenvalue weighted by molar-refractivity contribution is 0.0936. The van der Waals surface area contributed by atoms with E-state index in [2.05, 4.69) is 53.7 Å². The van der Waals surface area contributed by atoms with Crippen molar-refractivity contribution >= 4 is 14.6 Å². The molecule has 1 unspecified atom stereocenters. The average Bonchev–Trinajstić information content (AvgIpc) is 2.49. The van der Waals surface area contributed by atoms with Crippen LogP contribution in [0.2, 0.25) is 17.6 Å². The minimum atomic E-state index is -1.10. The van der Waals surface area contributed by atoms with Crippen LogP contribution in [-0.4, -0.2) is 14.6 Å². The summed E-state index contributed by atoms with van der Waals surface area (Å²) in [6.07, 6.45) is 5.05. The Morgan fingerprint density at radius 3 is 1.87 bits per heavy atom. The molecule has 0 aliphatic rings. The number of hydrogen-bond donors (Lipinski definition) is 0. The molecular weight excluding hydrogens is 296 g/mol. The van der Waals surface area contributed by atoms with Gasteiger partial charge in [-0.25, -0.2) is 0 Å². The van der Waals surface area contributed by atoms with Gasteiger partial charge in [0.1, 0.15) is 0 Å². The maximum Gasteiger partial charge on any atom is 0.163 e. The molecule has 0 heterocycles. The van der Waals surface area contributed by atoms with E-state index in [1.165, 1.54) is 43.3 Å². The van der Waals surface area contributed by atoms with Crippen molar-refractivity contribution in [3.8, 4) is 0 Å². The highest BCUT2D eigenvalue weighted by Gasteiger charge is 2.38. The van der Waals surface area contributed by atoms with Gasteiger partial charge in [-0.3, -0.25) is 4.79 Å². The van der Waals surface area contributed by atoms with Crippen molar-refractivity contribution in [1.82, 2.24) is 0 Å². The highest BCUT2D eigenvalue weighted by atomic mass is 28.3. The molecule has 0 aliphatic heterocycles. The number of benzene rings is 1. The van der Waals surface area contributed by atoms with Gasteiger partial charge in [-0.1, -0.05) is 102 Å². The zero-order chi connectivity index (χ0) is 17.5. The van der Waals surface area contributed by atoms with E-state index in [4.69, 9.17) is 0 Å². The molecule has 1 atom stereocenters. The first-order valence-corrected chi connectivity index (χ1v) is 11.7. The Morgan fingerprint density at radius 1 is 1.00 bits per heavy atom. The van der Waals surface area contributed by atoms with Gasteiger partial charge in [0.2, 0.25) is 0 Å². The molecule has 0 saturated carbocycles. The molecule has 130 valence electrons. The van der Waals surface area contributed by atoms with Crippen molar-refractivity contribution in [2.45, 2.75) is 84.9 Å². The minimum Gasteiger partial charge on any atom is -0.294 e. The maximum atomic E-state index is 13.3. The van der Waals surface area contributed by atoms with Gasteiger partial charge in [0.25, 0.3) is 0 Å².